The molecule has 38 heavy (non-hydrogen) atoms. The van der Waals surface area contributed by atoms with Crippen LogP contribution in [-0.2, 0) is 6.54 Å². The Morgan fingerprint density at radius 3 is 1.95 bits per heavy atom. The Balaban J connectivity index is 1.21. The molecule has 0 aliphatic heterocycles. The summed E-state index contributed by atoms with van der Waals surface area (Å²) >= 11 is 0. The smallest absolute Gasteiger partial charge is 0.256 e. The minimum absolute atomic E-state index is 0.211. The van der Waals surface area contributed by atoms with E-state index in [2.05, 4.69) is 16.0 Å². The Morgan fingerprint density at radius 2 is 1.18 bits per heavy atom. The van der Waals surface area contributed by atoms with E-state index >= 15 is 0 Å². The fourth-order valence-corrected chi connectivity index (χ4v) is 4.17. The molecule has 0 aliphatic rings. The van der Waals surface area contributed by atoms with Crippen molar-refractivity contribution in [2.45, 2.75) is 6.54 Å². The molecule has 0 aromatic heterocycles. The number of nitrogens with one attached hydrogen (secondary N) is 3. The minimum atomic E-state index is -0.230. The lowest BCUT2D eigenvalue weighted by Crippen LogP contribution is -2.23. The summed E-state index contributed by atoms with van der Waals surface area (Å²) in [5.41, 5.74) is 6.40. The molecule has 0 saturated heterocycles. The fourth-order valence-electron chi connectivity index (χ4n) is 4.17. The molecular formula is C33H27N3O2. The van der Waals surface area contributed by atoms with E-state index in [1.165, 1.54) is 0 Å². The molecule has 0 radical (unpaired) electrons. The first-order valence-electron chi connectivity index (χ1n) is 12.4. The Labute approximate surface area is 222 Å². The number of amides is 2. The standard InChI is InChI=1S/C33H27N3O2/c37-32(34-23-24-18-20-28(21-19-24)35-27-13-5-2-6-14-27)26-12-9-15-29(22-26)36-33(38)31-17-8-7-16-30(31)25-10-3-1-4-11-25/h1-22,35H,23H2,(H,34,37)(H,36,38). The maximum atomic E-state index is 13.1. The molecule has 0 heterocycles. The summed E-state index contributed by atoms with van der Waals surface area (Å²) in [6, 6.07) is 42.1. The van der Waals surface area contributed by atoms with Gasteiger partial charge in [0.05, 0.1) is 0 Å². The van der Waals surface area contributed by atoms with Crippen LogP contribution in [0.4, 0.5) is 17.1 Å². The van der Waals surface area contributed by atoms with Gasteiger partial charge in [-0.05, 0) is 65.2 Å². The van der Waals surface area contributed by atoms with Crippen LogP contribution in [0.2, 0.25) is 0 Å². The average Bonchev–Trinajstić information content (AvgIpc) is 2.98. The van der Waals surface area contributed by atoms with Gasteiger partial charge in [-0.15, -0.1) is 0 Å². The second-order valence-corrected chi connectivity index (χ2v) is 8.82. The number of rotatable bonds is 8. The molecular weight excluding hydrogens is 470 g/mol. The van der Waals surface area contributed by atoms with E-state index in [9.17, 15) is 9.59 Å². The van der Waals surface area contributed by atoms with Crippen molar-refractivity contribution in [2.24, 2.45) is 0 Å². The zero-order valence-corrected chi connectivity index (χ0v) is 20.7. The molecule has 5 aromatic rings. The first kappa shape index (κ1) is 24.5. The second kappa shape index (κ2) is 11.7. The van der Waals surface area contributed by atoms with Crippen LogP contribution in [0.5, 0.6) is 0 Å². The molecule has 0 fully saturated rings. The number of carbonyl (C=O) groups is 2. The highest BCUT2D eigenvalue weighted by Crippen LogP contribution is 2.24. The molecule has 0 unspecified atom stereocenters. The molecule has 186 valence electrons. The van der Waals surface area contributed by atoms with Crippen molar-refractivity contribution in [1.82, 2.24) is 5.32 Å². The topological polar surface area (TPSA) is 70.2 Å². The highest BCUT2D eigenvalue weighted by molar-refractivity contribution is 6.09. The summed E-state index contributed by atoms with van der Waals surface area (Å²) in [6.45, 7) is 0.394. The van der Waals surface area contributed by atoms with Gasteiger partial charge in [-0.25, -0.2) is 0 Å². The minimum Gasteiger partial charge on any atom is -0.356 e. The van der Waals surface area contributed by atoms with Gasteiger partial charge in [0.1, 0.15) is 0 Å². The van der Waals surface area contributed by atoms with Crippen molar-refractivity contribution in [3.63, 3.8) is 0 Å². The lowest BCUT2D eigenvalue weighted by atomic mass is 9.99. The van der Waals surface area contributed by atoms with Gasteiger partial charge < -0.3 is 16.0 Å². The number of benzene rings is 5. The Hall–Kier alpha value is -5.16. The highest BCUT2D eigenvalue weighted by Gasteiger charge is 2.14. The largest absolute Gasteiger partial charge is 0.356 e. The molecule has 0 atom stereocenters. The van der Waals surface area contributed by atoms with Gasteiger partial charge in [0.2, 0.25) is 0 Å². The lowest BCUT2D eigenvalue weighted by Gasteiger charge is -2.12. The quantitative estimate of drug-likeness (QED) is 0.211. The van der Waals surface area contributed by atoms with Gasteiger partial charge in [0.15, 0.2) is 0 Å². The molecule has 5 nitrogen and oxygen atoms in total. The van der Waals surface area contributed by atoms with Crippen LogP contribution in [-0.4, -0.2) is 11.8 Å². The van der Waals surface area contributed by atoms with E-state index in [-0.39, 0.29) is 11.8 Å². The van der Waals surface area contributed by atoms with E-state index < -0.39 is 0 Å². The molecule has 0 saturated carbocycles. The third kappa shape index (κ3) is 6.15. The van der Waals surface area contributed by atoms with Gasteiger partial charge in [0.25, 0.3) is 11.8 Å². The third-order valence-electron chi connectivity index (χ3n) is 6.11. The van der Waals surface area contributed by atoms with Crippen molar-refractivity contribution < 1.29 is 9.59 Å². The van der Waals surface area contributed by atoms with Gasteiger partial charge in [-0.3, -0.25) is 9.59 Å². The van der Waals surface area contributed by atoms with Crippen molar-refractivity contribution in [3.05, 3.63) is 150 Å². The van der Waals surface area contributed by atoms with Crippen LogP contribution in [0.25, 0.3) is 11.1 Å². The number of anilines is 3. The van der Waals surface area contributed by atoms with Crippen LogP contribution < -0.4 is 16.0 Å². The van der Waals surface area contributed by atoms with E-state index in [1.807, 2.05) is 103 Å². The van der Waals surface area contributed by atoms with Crippen molar-refractivity contribution >= 4 is 28.9 Å². The number of hydrogen-bond acceptors (Lipinski definition) is 3. The number of hydrogen-bond donors (Lipinski definition) is 3. The monoisotopic (exact) mass is 497 g/mol. The summed E-state index contributed by atoms with van der Waals surface area (Å²) in [7, 11) is 0. The summed E-state index contributed by atoms with van der Waals surface area (Å²) in [6.07, 6.45) is 0. The summed E-state index contributed by atoms with van der Waals surface area (Å²) in [4.78, 5) is 26.0. The number of carbonyl (C=O) groups excluding carboxylic acids is 2. The molecule has 0 aliphatic carbocycles. The fraction of sp³-hybridized carbons (Fsp3) is 0.0303. The maximum absolute atomic E-state index is 13.1. The number of para-hydroxylation sites is 1. The van der Waals surface area contributed by atoms with Gasteiger partial charge in [-0.2, -0.15) is 0 Å². The summed E-state index contributed by atoms with van der Waals surface area (Å²) in [5.74, 6) is -0.441. The Bertz CT molecular complexity index is 1530. The maximum Gasteiger partial charge on any atom is 0.256 e. The first-order chi connectivity index (χ1) is 18.7. The normalized spacial score (nSPS) is 10.4. The van der Waals surface area contributed by atoms with Gasteiger partial charge in [-0.1, -0.05) is 84.9 Å². The van der Waals surface area contributed by atoms with Crippen LogP contribution in [0.1, 0.15) is 26.3 Å². The zero-order chi connectivity index (χ0) is 26.2. The van der Waals surface area contributed by atoms with Crippen molar-refractivity contribution in [2.75, 3.05) is 10.6 Å². The molecule has 3 N–H and O–H groups in total. The highest BCUT2D eigenvalue weighted by atomic mass is 16.2. The molecule has 2 amide bonds. The van der Waals surface area contributed by atoms with Crippen LogP contribution >= 0.6 is 0 Å². The van der Waals surface area contributed by atoms with Crippen LogP contribution in [0, 0.1) is 0 Å². The first-order valence-corrected chi connectivity index (χ1v) is 12.4. The van der Waals surface area contributed by atoms with E-state index in [0.29, 0.717) is 23.4 Å². The van der Waals surface area contributed by atoms with Crippen LogP contribution in [0.3, 0.4) is 0 Å². The Kier molecular flexibility index (Phi) is 7.56. The molecule has 0 bridgehead atoms. The molecule has 5 rings (SSSR count). The average molecular weight is 498 g/mol. The molecule has 5 aromatic carbocycles. The summed E-state index contributed by atoms with van der Waals surface area (Å²) < 4.78 is 0. The van der Waals surface area contributed by atoms with E-state index in [0.717, 1.165) is 28.1 Å². The summed E-state index contributed by atoms with van der Waals surface area (Å²) in [5, 5.41) is 9.24. The predicted octanol–water partition coefficient (Wildman–Crippen LogP) is 7.28. The van der Waals surface area contributed by atoms with Crippen molar-refractivity contribution in [3.8, 4) is 11.1 Å². The third-order valence-corrected chi connectivity index (χ3v) is 6.11. The van der Waals surface area contributed by atoms with Crippen LogP contribution in [0.15, 0.2) is 133 Å². The van der Waals surface area contributed by atoms with Gasteiger partial charge in [0, 0.05) is 34.7 Å². The molecule has 0 spiro atoms. The van der Waals surface area contributed by atoms with Gasteiger partial charge >= 0.3 is 0 Å². The Morgan fingerprint density at radius 1 is 0.553 bits per heavy atom. The SMILES string of the molecule is O=C(NCc1ccc(Nc2ccccc2)cc1)c1cccc(NC(=O)c2ccccc2-c2ccccc2)c1. The zero-order valence-electron chi connectivity index (χ0n) is 20.7. The predicted molar refractivity (Wildman–Crippen MR) is 154 cm³/mol. The molecule has 5 heteroatoms. The van der Waals surface area contributed by atoms with E-state index in [1.54, 1.807) is 30.3 Å². The lowest BCUT2D eigenvalue weighted by molar-refractivity contribution is 0.0949. The van der Waals surface area contributed by atoms with E-state index in [4.69, 9.17) is 0 Å². The second-order valence-electron chi connectivity index (χ2n) is 8.82. The van der Waals surface area contributed by atoms with Crippen molar-refractivity contribution in [1.29, 1.82) is 0 Å².